The van der Waals surface area contributed by atoms with Gasteiger partial charge in [-0.2, -0.15) is 0 Å². The van der Waals surface area contributed by atoms with Crippen LogP contribution in [0.25, 0.3) is 6.08 Å². The number of likely N-dealkylation sites (N-methyl/N-ethyl adjacent to an activating group) is 1. The molecule has 2 aromatic carbocycles. The van der Waals surface area contributed by atoms with Gasteiger partial charge in [-0.05, 0) is 42.1 Å². The lowest BCUT2D eigenvalue weighted by atomic mass is 10.1. The van der Waals surface area contributed by atoms with Crippen LogP contribution in [-0.4, -0.2) is 28.0 Å². The number of nitrogens with zero attached hydrogens (tertiary/aromatic N) is 3. The average molecular weight is 436 g/mol. The minimum absolute atomic E-state index is 0.108. The molecule has 150 valence electrons. The molecule has 0 bridgehead atoms. The molecular formula is C23H18ClN3O2S. The van der Waals surface area contributed by atoms with Crippen LogP contribution >= 0.6 is 23.4 Å². The number of carbonyl (C=O) groups is 1. The number of aliphatic imine (C=N–C) groups is 1. The van der Waals surface area contributed by atoms with Gasteiger partial charge in [-0.15, -0.1) is 0 Å². The molecule has 1 saturated heterocycles. The van der Waals surface area contributed by atoms with E-state index in [1.165, 1.54) is 16.7 Å². The molecule has 2 heterocycles. The molecule has 1 amide bonds. The second-order valence-electron chi connectivity index (χ2n) is 6.50. The van der Waals surface area contributed by atoms with Crippen LogP contribution in [0.2, 0.25) is 5.02 Å². The lowest BCUT2D eigenvalue weighted by Gasteiger charge is -2.10. The van der Waals surface area contributed by atoms with Gasteiger partial charge < -0.3 is 4.74 Å². The summed E-state index contributed by atoms with van der Waals surface area (Å²) in [6.07, 6.45) is 5.17. The molecule has 0 N–H and O–H groups in total. The summed E-state index contributed by atoms with van der Waals surface area (Å²) in [5.74, 6) is 0.571. The number of halogens is 1. The lowest BCUT2D eigenvalue weighted by molar-refractivity contribution is -0.121. The fourth-order valence-corrected chi connectivity index (χ4v) is 3.99. The van der Waals surface area contributed by atoms with E-state index in [0.29, 0.717) is 33.1 Å². The maximum absolute atomic E-state index is 12.7. The van der Waals surface area contributed by atoms with E-state index in [4.69, 9.17) is 16.3 Å². The van der Waals surface area contributed by atoms with Gasteiger partial charge in [0.05, 0.1) is 16.8 Å². The number of hydrogen-bond donors (Lipinski definition) is 0. The third-order valence-electron chi connectivity index (χ3n) is 4.42. The highest BCUT2D eigenvalue weighted by molar-refractivity contribution is 8.18. The second-order valence-corrected chi connectivity index (χ2v) is 7.91. The van der Waals surface area contributed by atoms with Gasteiger partial charge in [-0.1, -0.05) is 48.0 Å². The fourth-order valence-electron chi connectivity index (χ4n) is 2.83. The number of amides is 1. The number of pyridine rings is 1. The van der Waals surface area contributed by atoms with Crippen LogP contribution in [0.3, 0.4) is 0 Å². The number of rotatable bonds is 5. The number of para-hydroxylation sites is 1. The summed E-state index contributed by atoms with van der Waals surface area (Å²) in [7, 11) is 1.71. The van der Waals surface area contributed by atoms with Crippen molar-refractivity contribution in [2.45, 2.75) is 6.61 Å². The van der Waals surface area contributed by atoms with E-state index >= 15 is 0 Å². The first-order valence-electron chi connectivity index (χ1n) is 9.23. The van der Waals surface area contributed by atoms with Crippen molar-refractivity contribution in [1.82, 2.24) is 9.88 Å². The summed E-state index contributed by atoms with van der Waals surface area (Å²) in [6.45, 7) is 0.342. The predicted octanol–water partition coefficient (Wildman–Crippen LogP) is 5.55. The summed E-state index contributed by atoms with van der Waals surface area (Å²) in [5.41, 5.74) is 2.42. The third-order valence-corrected chi connectivity index (χ3v) is 5.85. The molecule has 30 heavy (non-hydrogen) atoms. The molecule has 1 aromatic heterocycles. The van der Waals surface area contributed by atoms with E-state index in [1.54, 1.807) is 19.4 Å². The van der Waals surface area contributed by atoms with Crippen molar-refractivity contribution < 1.29 is 9.53 Å². The Bertz CT molecular complexity index is 1130. The van der Waals surface area contributed by atoms with E-state index in [9.17, 15) is 4.79 Å². The number of benzene rings is 2. The van der Waals surface area contributed by atoms with Gasteiger partial charge >= 0.3 is 0 Å². The minimum Gasteiger partial charge on any atom is -0.488 e. The van der Waals surface area contributed by atoms with Gasteiger partial charge in [0.25, 0.3) is 5.91 Å². The molecule has 1 aliphatic rings. The van der Waals surface area contributed by atoms with E-state index in [0.717, 1.165) is 11.1 Å². The molecule has 0 atom stereocenters. The molecule has 0 spiro atoms. The normalized spacial score (nSPS) is 16.5. The topological polar surface area (TPSA) is 54.8 Å². The van der Waals surface area contributed by atoms with Crippen molar-refractivity contribution in [2.75, 3.05) is 7.05 Å². The van der Waals surface area contributed by atoms with Crippen molar-refractivity contribution in [2.24, 2.45) is 4.99 Å². The first-order chi connectivity index (χ1) is 14.6. The molecule has 3 aromatic rings. The van der Waals surface area contributed by atoms with E-state index in [-0.39, 0.29) is 5.91 Å². The smallest absolute Gasteiger partial charge is 0.266 e. The Kier molecular flexibility index (Phi) is 6.16. The number of thioether (sulfide) groups is 1. The lowest BCUT2D eigenvalue weighted by Crippen LogP contribution is -2.23. The summed E-state index contributed by atoms with van der Waals surface area (Å²) in [6, 6.07) is 18.8. The maximum Gasteiger partial charge on any atom is 0.266 e. The molecule has 0 unspecified atom stereocenters. The number of hydrogen-bond acceptors (Lipinski definition) is 5. The van der Waals surface area contributed by atoms with Gasteiger partial charge in [0.2, 0.25) is 0 Å². The molecule has 1 fully saturated rings. The SMILES string of the molecule is CN1C(=O)/C(=C/c2ccccc2OCc2ccccc2Cl)SC1=Nc1cccnc1. The van der Waals surface area contributed by atoms with Gasteiger partial charge in [0.1, 0.15) is 12.4 Å². The van der Waals surface area contributed by atoms with Gasteiger partial charge in [0, 0.05) is 29.4 Å². The van der Waals surface area contributed by atoms with Crippen LogP contribution < -0.4 is 4.74 Å². The monoisotopic (exact) mass is 435 g/mol. The highest BCUT2D eigenvalue weighted by Gasteiger charge is 2.30. The minimum atomic E-state index is -0.108. The van der Waals surface area contributed by atoms with Crippen LogP contribution in [0.1, 0.15) is 11.1 Å². The molecule has 1 aliphatic heterocycles. The number of amidine groups is 1. The van der Waals surface area contributed by atoms with E-state index in [1.807, 2.05) is 66.7 Å². The quantitative estimate of drug-likeness (QED) is 0.493. The largest absolute Gasteiger partial charge is 0.488 e. The Balaban J connectivity index is 1.57. The molecule has 0 radical (unpaired) electrons. The number of carbonyl (C=O) groups excluding carboxylic acids is 1. The molecule has 5 nitrogen and oxygen atoms in total. The van der Waals surface area contributed by atoms with Gasteiger partial charge in [0.15, 0.2) is 5.17 Å². The molecule has 0 aliphatic carbocycles. The predicted molar refractivity (Wildman–Crippen MR) is 122 cm³/mol. The summed E-state index contributed by atoms with van der Waals surface area (Å²) in [5, 5.41) is 1.27. The Morgan fingerprint density at radius 2 is 1.93 bits per heavy atom. The highest BCUT2D eigenvalue weighted by Crippen LogP contribution is 2.34. The van der Waals surface area contributed by atoms with Crippen LogP contribution in [-0.2, 0) is 11.4 Å². The first-order valence-corrected chi connectivity index (χ1v) is 10.4. The fraction of sp³-hybridized carbons (Fsp3) is 0.0870. The summed E-state index contributed by atoms with van der Waals surface area (Å²) < 4.78 is 6.00. The van der Waals surface area contributed by atoms with Crippen LogP contribution in [0.5, 0.6) is 5.75 Å². The van der Waals surface area contributed by atoms with Crippen molar-refractivity contribution in [1.29, 1.82) is 0 Å². The van der Waals surface area contributed by atoms with Crippen molar-refractivity contribution in [3.63, 3.8) is 0 Å². The van der Waals surface area contributed by atoms with Crippen LogP contribution in [0, 0.1) is 0 Å². The molecular weight excluding hydrogens is 418 g/mol. The van der Waals surface area contributed by atoms with Crippen molar-refractivity contribution in [3.05, 3.63) is 94.1 Å². The van der Waals surface area contributed by atoms with Crippen molar-refractivity contribution in [3.8, 4) is 5.75 Å². The summed E-state index contributed by atoms with van der Waals surface area (Å²) >= 11 is 7.55. The van der Waals surface area contributed by atoms with E-state index in [2.05, 4.69) is 9.98 Å². The van der Waals surface area contributed by atoms with E-state index < -0.39 is 0 Å². The maximum atomic E-state index is 12.7. The average Bonchev–Trinajstić information content (AvgIpc) is 3.02. The zero-order valence-corrected chi connectivity index (χ0v) is 17.7. The number of aromatic nitrogens is 1. The standard InChI is InChI=1S/C23H18ClN3O2S/c1-27-22(28)21(30-23(27)26-18-9-6-12-25-14-18)13-16-7-3-5-11-20(16)29-15-17-8-2-4-10-19(17)24/h2-14H,15H2,1H3/b21-13-,26-23?. The zero-order valence-electron chi connectivity index (χ0n) is 16.2. The Morgan fingerprint density at radius 3 is 2.73 bits per heavy atom. The van der Waals surface area contributed by atoms with Crippen molar-refractivity contribution >= 4 is 46.2 Å². The molecule has 4 rings (SSSR count). The van der Waals surface area contributed by atoms with Gasteiger partial charge in [-0.3, -0.25) is 14.7 Å². The molecule has 7 heteroatoms. The third kappa shape index (κ3) is 4.56. The Labute approximate surface area is 184 Å². The second kappa shape index (κ2) is 9.15. The summed E-state index contributed by atoms with van der Waals surface area (Å²) in [4.78, 5) is 23.4. The number of ether oxygens (including phenoxy) is 1. The van der Waals surface area contributed by atoms with Crippen LogP contribution in [0.4, 0.5) is 5.69 Å². The van der Waals surface area contributed by atoms with Crippen LogP contribution in [0.15, 0.2) is 83.0 Å². The highest BCUT2D eigenvalue weighted by atomic mass is 35.5. The first kappa shape index (κ1) is 20.2. The molecule has 0 saturated carbocycles. The Morgan fingerprint density at radius 1 is 1.13 bits per heavy atom. The Hall–Kier alpha value is -3.09. The zero-order chi connectivity index (χ0) is 20.9. The van der Waals surface area contributed by atoms with Gasteiger partial charge in [-0.25, -0.2) is 4.99 Å².